The first-order valence-corrected chi connectivity index (χ1v) is 8.17. The fourth-order valence-corrected chi connectivity index (χ4v) is 3.39. The monoisotopic (exact) mass is 291 g/mol. The molecule has 1 aromatic rings. The maximum absolute atomic E-state index is 6.55. The molecule has 0 amide bonds. The molecule has 2 atom stereocenters. The van der Waals surface area contributed by atoms with Gasteiger partial charge in [0.2, 0.25) is 0 Å². The summed E-state index contributed by atoms with van der Waals surface area (Å²) in [4.78, 5) is 0. The number of para-hydroxylation sites is 1. The van der Waals surface area contributed by atoms with Crippen molar-refractivity contribution in [2.45, 2.75) is 64.2 Å². The van der Waals surface area contributed by atoms with Crippen LogP contribution in [-0.4, -0.2) is 19.3 Å². The highest BCUT2D eigenvalue weighted by molar-refractivity contribution is 5.36. The van der Waals surface area contributed by atoms with Crippen LogP contribution in [0.1, 0.15) is 57.6 Å². The van der Waals surface area contributed by atoms with Gasteiger partial charge in [0.05, 0.1) is 18.2 Å². The predicted molar refractivity (Wildman–Crippen MR) is 86.5 cm³/mol. The molecule has 0 bridgehead atoms. The van der Waals surface area contributed by atoms with E-state index >= 15 is 0 Å². The molecule has 1 fully saturated rings. The highest BCUT2D eigenvalue weighted by Gasteiger charge is 2.30. The molecule has 0 aromatic heterocycles. The molecule has 1 saturated carbocycles. The van der Waals surface area contributed by atoms with E-state index in [4.69, 9.17) is 15.2 Å². The van der Waals surface area contributed by atoms with Crippen molar-refractivity contribution in [1.82, 2.24) is 0 Å². The standard InChI is InChI=1S/C18H29NO2/c1-13(2)21-16-12-8-7-11-15(16)17(19)18(20-3)14-9-5-4-6-10-14/h7-8,11-14,17-18H,4-6,9-10,19H2,1-3H3. The Kier molecular flexibility index (Phi) is 6.07. The van der Waals surface area contributed by atoms with E-state index < -0.39 is 0 Å². The Labute approximate surface area is 128 Å². The molecular weight excluding hydrogens is 262 g/mol. The van der Waals surface area contributed by atoms with Crippen LogP contribution in [0.3, 0.4) is 0 Å². The average Bonchev–Trinajstić information content (AvgIpc) is 2.49. The SMILES string of the molecule is COC(C1CCCCC1)C(N)c1ccccc1OC(C)C. The largest absolute Gasteiger partial charge is 0.491 e. The third-order valence-electron chi connectivity index (χ3n) is 4.38. The van der Waals surface area contributed by atoms with Gasteiger partial charge in [-0.3, -0.25) is 0 Å². The molecule has 0 spiro atoms. The van der Waals surface area contributed by atoms with Crippen LogP contribution in [0.2, 0.25) is 0 Å². The Balaban J connectivity index is 2.18. The summed E-state index contributed by atoms with van der Waals surface area (Å²) in [7, 11) is 1.78. The van der Waals surface area contributed by atoms with Crippen molar-refractivity contribution in [1.29, 1.82) is 0 Å². The van der Waals surface area contributed by atoms with Gasteiger partial charge in [-0.2, -0.15) is 0 Å². The van der Waals surface area contributed by atoms with E-state index in [1.807, 2.05) is 32.0 Å². The summed E-state index contributed by atoms with van der Waals surface area (Å²) in [6, 6.07) is 7.96. The molecule has 0 saturated heterocycles. The fraction of sp³-hybridized carbons (Fsp3) is 0.667. The van der Waals surface area contributed by atoms with Crippen molar-refractivity contribution in [3.8, 4) is 5.75 Å². The van der Waals surface area contributed by atoms with E-state index in [0.717, 1.165) is 11.3 Å². The maximum atomic E-state index is 6.55. The molecule has 0 heterocycles. The molecular formula is C18H29NO2. The van der Waals surface area contributed by atoms with Gasteiger partial charge in [-0.15, -0.1) is 0 Å². The van der Waals surface area contributed by atoms with Crippen molar-refractivity contribution in [2.75, 3.05) is 7.11 Å². The summed E-state index contributed by atoms with van der Waals surface area (Å²) >= 11 is 0. The van der Waals surface area contributed by atoms with Gasteiger partial charge >= 0.3 is 0 Å². The zero-order valence-corrected chi connectivity index (χ0v) is 13.5. The first kappa shape index (κ1) is 16.3. The number of hydrogen-bond donors (Lipinski definition) is 1. The van der Waals surface area contributed by atoms with Gasteiger partial charge in [0.25, 0.3) is 0 Å². The Bertz CT molecular complexity index is 427. The van der Waals surface area contributed by atoms with Crippen molar-refractivity contribution in [2.24, 2.45) is 11.7 Å². The summed E-state index contributed by atoms with van der Waals surface area (Å²) in [6.45, 7) is 4.08. The topological polar surface area (TPSA) is 44.5 Å². The number of benzene rings is 1. The average molecular weight is 291 g/mol. The highest BCUT2D eigenvalue weighted by atomic mass is 16.5. The lowest BCUT2D eigenvalue weighted by Crippen LogP contribution is -2.36. The van der Waals surface area contributed by atoms with Gasteiger partial charge < -0.3 is 15.2 Å². The Morgan fingerprint density at radius 1 is 1.10 bits per heavy atom. The molecule has 118 valence electrons. The van der Waals surface area contributed by atoms with Crippen LogP contribution >= 0.6 is 0 Å². The van der Waals surface area contributed by atoms with Crippen LogP contribution < -0.4 is 10.5 Å². The maximum Gasteiger partial charge on any atom is 0.124 e. The second kappa shape index (κ2) is 7.81. The smallest absolute Gasteiger partial charge is 0.124 e. The molecule has 2 rings (SSSR count). The first-order chi connectivity index (χ1) is 10.1. The number of nitrogens with two attached hydrogens (primary N) is 1. The zero-order chi connectivity index (χ0) is 15.2. The van der Waals surface area contributed by atoms with E-state index in [-0.39, 0.29) is 18.2 Å². The van der Waals surface area contributed by atoms with Gasteiger partial charge in [0, 0.05) is 12.7 Å². The number of ether oxygens (including phenoxy) is 2. The number of methoxy groups -OCH3 is 1. The van der Waals surface area contributed by atoms with Gasteiger partial charge in [0.1, 0.15) is 5.75 Å². The van der Waals surface area contributed by atoms with Crippen LogP contribution in [0.4, 0.5) is 0 Å². The van der Waals surface area contributed by atoms with Crippen molar-refractivity contribution < 1.29 is 9.47 Å². The van der Waals surface area contributed by atoms with Crippen LogP contribution in [0.25, 0.3) is 0 Å². The molecule has 2 N–H and O–H groups in total. The van der Waals surface area contributed by atoms with Crippen LogP contribution in [0.15, 0.2) is 24.3 Å². The second-order valence-corrected chi connectivity index (χ2v) is 6.33. The summed E-state index contributed by atoms with van der Waals surface area (Å²) in [5.41, 5.74) is 7.61. The van der Waals surface area contributed by atoms with Crippen LogP contribution in [0, 0.1) is 5.92 Å². The molecule has 1 aliphatic carbocycles. The van der Waals surface area contributed by atoms with E-state index in [1.54, 1.807) is 7.11 Å². The van der Waals surface area contributed by atoms with Crippen molar-refractivity contribution >= 4 is 0 Å². The molecule has 2 unspecified atom stereocenters. The molecule has 1 aromatic carbocycles. The van der Waals surface area contributed by atoms with Gasteiger partial charge in [-0.1, -0.05) is 37.5 Å². The van der Waals surface area contributed by atoms with Gasteiger partial charge in [-0.25, -0.2) is 0 Å². The molecule has 21 heavy (non-hydrogen) atoms. The summed E-state index contributed by atoms with van der Waals surface area (Å²) < 4.78 is 11.7. The minimum atomic E-state index is -0.131. The molecule has 0 aliphatic heterocycles. The number of rotatable bonds is 6. The van der Waals surface area contributed by atoms with E-state index in [1.165, 1.54) is 32.1 Å². The Morgan fingerprint density at radius 2 is 1.76 bits per heavy atom. The Morgan fingerprint density at radius 3 is 2.38 bits per heavy atom. The van der Waals surface area contributed by atoms with Gasteiger partial charge in [-0.05, 0) is 38.7 Å². The lowest BCUT2D eigenvalue weighted by Gasteiger charge is -2.34. The van der Waals surface area contributed by atoms with E-state index in [9.17, 15) is 0 Å². The molecule has 3 heteroatoms. The summed E-state index contributed by atoms with van der Waals surface area (Å²) in [6.07, 6.45) is 6.59. The quantitative estimate of drug-likeness (QED) is 0.859. The third-order valence-corrected chi connectivity index (χ3v) is 4.38. The molecule has 3 nitrogen and oxygen atoms in total. The molecule has 0 radical (unpaired) electrons. The predicted octanol–water partition coefficient (Wildman–Crippen LogP) is 4.07. The zero-order valence-electron chi connectivity index (χ0n) is 13.5. The molecule has 1 aliphatic rings. The lowest BCUT2D eigenvalue weighted by molar-refractivity contribution is 0.0165. The van der Waals surface area contributed by atoms with Gasteiger partial charge in [0.15, 0.2) is 0 Å². The third kappa shape index (κ3) is 4.21. The minimum Gasteiger partial charge on any atom is -0.491 e. The minimum absolute atomic E-state index is 0.0715. The second-order valence-electron chi connectivity index (χ2n) is 6.33. The van der Waals surface area contributed by atoms with Crippen molar-refractivity contribution in [3.05, 3.63) is 29.8 Å². The lowest BCUT2D eigenvalue weighted by atomic mass is 9.81. The van der Waals surface area contributed by atoms with Crippen molar-refractivity contribution in [3.63, 3.8) is 0 Å². The van der Waals surface area contributed by atoms with Crippen LogP contribution in [-0.2, 0) is 4.74 Å². The normalized spacial score (nSPS) is 19.5. The summed E-state index contributed by atoms with van der Waals surface area (Å²) in [5, 5.41) is 0. The Hall–Kier alpha value is -1.06. The van der Waals surface area contributed by atoms with E-state index in [0.29, 0.717) is 5.92 Å². The number of hydrogen-bond acceptors (Lipinski definition) is 3. The van der Waals surface area contributed by atoms with Crippen LogP contribution in [0.5, 0.6) is 5.75 Å². The van der Waals surface area contributed by atoms with E-state index in [2.05, 4.69) is 6.07 Å². The first-order valence-electron chi connectivity index (χ1n) is 8.17. The fourth-order valence-electron chi connectivity index (χ4n) is 3.39. The summed E-state index contributed by atoms with van der Waals surface area (Å²) in [5.74, 6) is 1.45. The highest BCUT2D eigenvalue weighted by Crippen LogP contribution is 2.35.